The van der Waals surface area contributed by atoms with Gasteiger partial charge in [-0.25, -0.2) is 0 Å². The largest absolute Gasteiger partial charge is 0.314 e. The molecule has 0 saturated carbocycles. The Labute approximate surface area is 81.9 Å². The summed E-state index contributed by atoms with van der Waals surface area (Å²) in [4.78, 5) is 0. The number of likely N-dealkylation sites (N-methyl/N-ethyl adjacent to an activating group) is 1. The Hall–Kier alpha value is -1.00. The molecular weight excluding hydrogens is 158 g/mol. The van der Waals surface area contributed by atoms with Crippen LogP contribution in [0, 0.1) is 11.8 Å². The lowest BCUT2D eigenvalue weighted by Gasteiger charge is -2.03. The van der Waals surface area contributed by atoms with Crippen molar-refractivity contribution in [1.82, 2.24) is 5.32 Å². The summed E-state index contributed by atoms with van der Waals surface area (Å²) in [7, 11) is 1.96. The van der Waals surface area contributed by atoms with Gasteiger partial charge in [-0.2, -0.15) is 0 Å². The van der Waals surface area contributed by atoms with Crippen molar-refractivity contribution >= 4 is 0 Å². The average molecular weight is 177 g/mol. The van der Waals surface area contributed by atoms with Crippen LogP contribution in [0.3, 0.4) is 0 Å². The molecule has 1 N–H and O–H groups in total. The highest BCUT2D eigenvalue weighted by atomic mass is 14.8. The summed E-state index contributed by atoms with van der Waals surface area (Å²) in [6.07, 6.45) is 7.23. The SMILES string of the molecule is CC#CC/C=C\C(C)=C\C(C)NC. The zero-order valence-corrected chi connectivity index (χ0v) is 9.02. The molecule has 0 heterocycles. The number of hydrogen-bond acceptors (Lipinski definition) is 1. The Kier molecular flexibility index (Phi) is 7.05. The van der Waals surface area contributed by atoms with Crippen LogP contribution in [-0.4, -0.2) is 13.1 Å². The number of allylic oxidation sites excluding steroid dienone is 3. The van der Waals surface area contributed by atoms with Gasteiger partial charge in [-0.05, 0) is 27.8 Å². The predicted molar refractivity (Wildman–Crippen MR) is 59.5 cm³/mol. The Morgan fingerprint density at radius 3 is 2.77 bits per heavy atom. The molecule has 0 aromatic carbocycles. The first-order valence-corrected chi connectivity index (χ1v) is 4.62. The van der Waals surface area contributed by atoms with Crippen LogP contribution in [0.4, 0.5) is 0 Å². The molecule has 0 rings (SSSR count). The second kappa shape index (κ2) is 7.64. The lowest BCUT2D eigenvalue weighted by Crippen LogP contribution is -2.18. The van der Waals surface area contributed by atoms with Crippen LogP contribution >= 0.6 is 0 Å². The van der Waals surface area contributed by atoms with Crippen LogP contribution < -0.4 is 5.32 Å². The predicted octanol–water partition coefficient (Wildman–Crippen LogP) is 2.51. The zero-order chi connectivity index (χ0) is 10.1. The van der Waals surface area contributed by atoms with Gasteiger partial charge in [0.25, 0.3) is 0 Å². The summed E-state index contributed by atoms with van der Waals surface area (Å²) in [6.45, 7) is 6.09. The Balaban J connectivity index is 3.95. The Morgan fingerprint density at radius 2 is 2.23 bits per heavy atom. The maximum absolute atomic E-state index is 3.16. The highest BCUT2D eigenvalue weighted by molar-refractivity contribution is 5.19. The molecule has 1 atom stereocenters. The van der Waals surface area contributed by atoms with Gasteiger partial charge < -0.3 is 5.32 Å². The van der Waals surface area contributed by atoms with Crippen molar-refractivity contribution in [3.8, 4) is 11.8 Å². The van der Waals surface area contributed by atoms with Crippen molar-refractivity contribution in [2.75, 3.05) is 7.05 Å². The van der Waals surface area contributed by atoms with Gasteiger partial charge in [0, 0.05) is 12.5 Å². The Bertz CT molecular complexity index is 238. The van der Waals surface area contributed by atoms with E-state index in [4.69, 9.17) is 0 Å². The van der Waals surface area contributed by atoms with E-state index in [0.29, 0.717) is 6.04 Å². The van der Waals surface area contributed by atoms with Crippen LogP contribution in [0.5, 0.6) is 0 Å². The van der Waals surface area contributed by atoms with Crippen LogP contribution in [0.25, 0.3) is 0 Å². The summed E-state index contributed by atoms with van der Waals surface area (Å²) in [5.41, 5.74) is 1.28. The Morgan fingerprint density at radius 1 is 1.54 bits per heavy atom. The molecule has 0 amide bonds. The van der Waals surface area contributed by atoms with Crippen molar-refractivity contribution in [1.29, 1.82) is 0 Å². The molecule has 0 aliphatic carbocycles. The zero-order valence-electron chi connectivity index (χ0n) is 9.02. The first kappa shape index (κ1) is 12.0. The summed E-state index contributed by atoms with van der Waals surface area (Å²) in [5, 5.41) is 3.16. The van der Waals surface area contributed by atoms with Gasteiger partial charge in [-0.3, -0.25) is 0 Å². The van der Waals surface area contributed by atoms with Gasteiger partial charge in [-0.15, -0.1) is 5.92 Å². The molecule has 1 heteroatoms. The first-order chi connectivity index (χ1) is 6.20. The molecule has 0 spiro atoms. The van der Waals surface area contributed by atoms with E-state index in [1.807, 2.05) is 14.0 Å². The van der Waals surface area contributed by atoms with Crippen molar-refractivity contribution < 1.29 is 0 Å². The maximum atomic E-state index is 3.16. The fourth-order valence-corrected chi connectivity index (χ4v) is 0.939. The topological polar surface area (TPSA) is 12.0 Å². The summed E-state index contributed by atoms with van der Waals surface area (Å²) < 4.78 is 0. The number of hydrogen-bond donors (Lipinski definition) is 1. The van der Waals surface area contributed by atoms with Crippen molar-refractivity contribution in [3.05, 3.63) is 23.8 Å². The maximum Gasteiger partial charge on any atom is 0.0272 e. The summed E-state index contributed by atoms with van der Waals surface area (Å²) in [6, 6.07) is 0.432. The van der Waals surface area contributed by atoms with Crippen LogP contribution in [0.15, 0.2) is 23.8 Å². The van der Waals surface area contributed by atoms with Gasteiger partial charge >= 0.3 is 0 Å². The van der Waals surface area contributed by atoms with E-state index in [0.717, 1.165) is 6.42 Å². The summed E-state index contributed by atoms with van der Waals surface area (Å²) >= 11 is 0. The number of nitrogens with one attached hydrogen (secondary N) is 1. The third-order valence-electron chi connectivity index (χ3n) is 1.75. The molecule has 1 nitrogen and oxygen atoms in total. The first-order valence-electron chi connectivity index (χ1n) is 4.62. The lowest BCUT2D eigenvalue weighted by molar-refractivity contribution is 0.725. The van der Waals surface area contributed by atoms with E-state index in [-0.39, 0.29) is 0 Å². The molecule has 0 aromatic heterocycles. The van der Waals surface area contributed by atoms with Gasteiger partial charge in [0.1, 0.15) is 0 Å². The standard InChI is InChI=1S/C12H19N/c1-5-6-7-8-9-11(2)10-12(3)13-4/h8-10,12-13H,7H2,1-4H3/b9-8-,11-10+. The smallest absolute Gasteiger partial charge is 0.0272 e. The summed E-state index contributed by atoms with van der Waals surface area (Å²) in [5.74, 6) is 5.85. The molecule has 72 valence electrons. The second-order valence-corrected chi connectivity index (χ2v) is 3.02. The fourth-order valence-electron chi connectivity index (χ4n) is 0.939. The molecule has 13 heavy (non-hydrogen) atoms. The van der Waals surface area contributed by atoms with Crippen molar-refractivity contribution in [2.45, 2.75) is 33.2 Å². The fraction of sp³-hybridized carbons (Fsp3) is 0.500. The van der Waals surface area contributed by atoms with E-state index < -0.39 is 0 Å². The van der Waals surface area contributed by atoms with Crippen molar-refractivity contribution in [2.24, 2.45) is 0 Å². The lowest BCUT2D eigenvalue weighted by atomic mass is 10.2. The van der Waals surface area contributed by atoms with Crippen LogP contribution in [0.1, 0.15) is 27.2 Å². The van der Waals surface area contributed by atoms with Gasteiger partial charge in [0.05, 0.1) is 0 Å². The monoisotopic (exact) mass is 177 g/mol. The minimum absolute atomic E-state index is 0.432. The van der Waals surface area contributed by atoms with Gasteiger partial charge in [0.15, 0.2) is 0 Å². The highest BCUT2D eigenvalue weighted by Crippen LogP contribution is 1.98. The van der Waals surface area contributed by atoms with E-state index >= 15 is 0 Å². The second-order valence-electron chi connectivity index (χ2n) is 3.02. The molecule has 0 aliphatic heterocycles. The normalized spacial score (nSPS) is 14.0. The molecular formula is C12H19N. The quantitative estimate of drug-likeness (QED) is 0.514. The van der Waals surface area contributed by atoms with E-state index in [2.05, 4.69) is 49.2 Å². The van der Waals surface area contributed by atoms with Crippen LogP contribution in [0.2, 0.25) is 0 Å². The molecule has 0 bridgehead atoms. The van der Waals surface area contributed by atoms with Gasteiger partial charge in [0.2, 0.25) is 0 Å². The molecule has 0 radical (unpaired) electrons. The third kappa shape index (κ3) is 7.36. The molecule has 0 aromatic rings. The number of rotatable bonds is 4. The average Bonchev–Trinajstić information content (AvgIpc) is 2.12. The van der Waals surface area contributed by atoms with E-state index in [1.165, 1.54) is 5.57 Å². The minimum atomic E-state index is 0.432. The van der Waals surface area contributed by atoms with Crippen LogP contribution in [-0.2, 0) is 0 Å². The minimum Gasteiger partial charge on any atom is -0.314 e. The van der Waals surface area contributed by atoms with E-state index in [1.54, 1.807) is 0 Å². The van der Waals surface area contributed by atoms with E-state index in [9.17, 15) is 0 Å². The molecule has 1 unspecified atom stereocenters. The van der Waals surface area contributed by atoms with Crippen molar-refractivity contribution in [3.63, 3.8) is 0 Å². The third-order valence-corrected chi connectivity index (χ3v) is 1.75. The van der Waals surface area contributed by atoms with Gasteiger partial charge in [-0.1, -0.05) is 29.7 Å². The molecule has 0 fully saturated rings. The molecule has 0 aliphatic rings. The highest BCUT2D eigenvalue weighted by Gasteiger charge is 1.90. The molecule has 0 saturated heterocycles.